The highest BCUT2D eigenvalue weighted by molar-refractivity contribution is 5.48. The highest BCUT2D eigenvalue weighted by Crippen LogP contribution is 2.23. The number of hydrogen-bond donors (Lipinski definition) is 2. The van der Waals surface area contributed by atoms with Gasteiger partial charge in [-0.25, -0.2) is 0 Å². The number of halogens is 3. The smallest absolute Gasteiger partial charge is 0.395 e. The van der Waals surface area contributed by atoms with Gasteiger partial charge in [0.05, 0.1) is 6.61 Å². The Bertz CT molecular complexity index is 378. The number of alkyl halides is 3. The number of nitrogens with zero attached hydrogens (tertiary/aromatic N) is 1. The SMILES string of the molecule is CC[C@H](N)c1ccc(N(CCO)CC(F)(F)F)cc1. The Morgan fingerprint density at radius 3 is 2.26 bits per heavy atom. The number of aliphatic hydroxyl groups excluding tert-OH is 1. The van der Waals surface area contributed by atoms with E-state index in [2.05, 4.69) is 0 Å². The normalized spacial score (nSPS) is 13.4. The highest BCUT2D eigenvalue weighted by atomic mass is 19.4. The summed E-state index contributed by atoms with van der Waals surface area (Å²) in [4.78, 5) is 1.10. The van der Waals surface area contributed by atoms with Crippen LogP contribution in [0.4, 0.5) is 18.9 Å². The molecular formula is C13H19F3N2O. The van der Waals surface area contributed by atoms with Crippen LogP contribution in [0.2, 0.25) is 0 Å². The molecule has 0 aliphatic carbocycles. The second-order valence-electron chi connectivity index (χ2n) is 4.37. The first-order chi connectivity index (χ1) is 8.87. The van der Waals surface area contributed by atoms with E-state index in [1.165, 1.54) is 0 Å². The highest BCUT2D eigenvalue weighted by Gasteiger charge is 2.30. The van der Waals surface area contributed by atoms with Crippen molar-refractivity contribution >= 4 is 5.69 Å². The minimum atomic E-state index is -4.30. The van der Waals surface area contributed by atoms with Gasteiger partial charge >= 0.3 is 6.18 Å². The third kappa shape index (κ3) is 5.08. The van der Waals surface area contributed by atoms with E-state index in [1.54, 1.807) is 24.3 Å². The van der Waals surface area contributed by atoms with Crippen LogP contribution in [0.15, 0.2) is 24.3 Å². The van der Waals surface area contributed by atoms with Crippen LogP contribution in [0.25, 0.3) is 0 Å². The van der Waals surface area contributed by atoms with Crippen molar-refractivity contribution in [1.29, 1.82) is 0 Å². The van der Waals surface area contributed by atoms with Gasteiger partial charge in [0.1, 0.15) is 6.54 Å². The Hall–Kier alpha value is -1.27. The van der Waals surface area contributed by atoms with Gasteiger partial charge in [0.2, 0.25) is 0 Å². The molecule has 0 fully saturated rings. The summed E-state index contributed by atoms with van der Waals surface area (Å²) in [6, 6.07) is 6.55. The predicted octanol–water partition coefficient (Wildman–Crippen LogP) is 2.46. The summed E-state index contributed by atoms with van der Waals surface area (Å²) in [7, 11) is 0. The maximum Gasteiger partial charge on any atom is 0.405 e. The van der Waals surface area contributed by atoms with Crippen molar-refractivity contribution < 1.29 is 18.3 Å². The van der Waals surface area contributed by atoms with Gasteiger partial charge in [-0.05, 0) is 24.1 Å². The van der Waals surface area contributed by atoms with Crippen molar-refractivity contribution in [1.82, 2.24) is 0 Å². The predicted molar refractivity (Wildman–Crippen MR) is 69.0 cm³/mol. The molecular weight excluding hydrogens is 257 g/mol. The molecule has 0 radical (unpaired) electrons. The largest absolute Gasteiger partial charge is 0.405 e. The summed E-state index contributed by atoms with van der Waals surface area (Å²) in [5.74, 6) is 0. The van der Waals surface area contributed by atoms with Gasteiger partial charge in [-0.1, -0.05) is 19.1 Å². The Balaban J connectivity index is 2.85. The van der Waals surface area contributed by atoms with Crippen molar-refractivity contribution in [2.45, 2.75) is 25.6 Å². The maximum atomic E-state index is 12.4. The molecule has 1 aromatic rings. The van der Waals surface area contributed by atoms with Gasteiger partial charge < -0.3 is 15.7 Å². The van der Waals surface area contributed by atoms with Crippen LogP contribution in [0, 0.1) is 0 Å². The molecule has 0 aromatic heterocycles. The molecule has 0 aliphatic heterocycles. The van der Waals surface area contributed by atoms with E-state index < -0.39 is 12.7 Å². The maximum absolute atomic E-state index is 12.4. The van der Waals surface area contributed by atoms with Crippen molar-refractivity contribution in [2.24, 2.45) is 5.73 Å². The van der Waals surface area contributed by atoms with Gasteiger partial charge in [-0.2, -0.15) is 13.2 Å². The Labute approximate surface area is 110 Å². The number of benzene rings is 1. The van der Waals surface area contributed by atoms with Crippen LogP contribution < -0.4 is 10.6 Å². The van der Waals surface area contributed by atoms with Gasteiger partial charge in [0, 0.05) is 18.3 Å². The average molecular weight is 276 g/mol. The fourth-order valence-electron chi connectivity index (χ4n) is 1.80. The number of nitrogens with two attached hydrogens (primary N) is 1. The van der Waals surface area contributed by atoms with Crippen LogP contribution in [0.1, 0.15) is 24.9 Å². The van der Waals surface area contributed by atoms with Crippen molar-refractivity contribution in [2.75, 3.05) is 24.6 Å². The molecule has 0 saturated carbocycles. The molecule has 1 rings (SSSR count). The third-order valence-electron chi connectivity index (χ3n) is 2.87. The van der Waals surface area contributed by atoms with Crippen LogP contribution >= 0.6 is 0 Å². The second kappa shape index (κ2) is 6.77. The average Bonchev–Trinajstić information content (AvgIpc) is 2.36. The van der Waals surface area contributed by atoms with E-state index >= 15 is 0 Å². The van der Waals surface area contributed by atoms with Crippen LogP contribution in [-0.4, -0.2) is 31.0 Å². The Kier molecular flexibility index (Phi) is 5.62. The standard InChI is InChI=1S/C13H19F3N2O/c1-2-12(17)10-3-5-11(6-4-10)18(7-8-19)9-13(14,15)16/h3-6,12,19H,2,7-9,17H2,1H3/t12-/m0/s1. The van der Waals surface area contributed by atoms with E-state index in [0.717, 1.165) is 16.9 Å². The zero-order chi connectivity index (χ0) is 14.5. The molecule has 6 heteroatoms. The molecule has 0 aliphatic rings. The molecule has 3 nitrogen and oxygen atoms in total. The first-order valence-corrected chi connectivity index (χ1v) is 6.15. The monoisotopic (exact) mass is 276 g/mol. The van der Waals surface area contributed by atoms with E-state index in [-0.39, 0.29) is 19.2 Å². The molecule has 0 saturated heterocycles. The number of hydrogen-bond acceptors (Lipinski definition) is 3. The quantitative estimate of drug-likeness (QED) is 0.839. The van der Waals surface area contributed by atoms with Gasteiger partial charge in [0.25, 0.3) is 0 Å². The summed E-state index contributed by atoms with van der Waals surface area (Å²) in [6.07, 6.45) is -3.53. The minimum Gasteiger partial charge on any atom is -0.395 e. The summed E-state index contributed by atoms with van der Waals surface area (Å²) in [5.41, 5.74) is 7.17. The van der Waals surface area contributed by atoms with E-state index in [9.17, 15) is 13.2 Å². The van der Waals surface area contributed by atoms with E-state index in [0.29, 0.717) is 5.69 Å². The Morgan fingerprint density at radius 2 is 1.84 bits per heavy atom. The first kappa shape index (κ1) is 15.8. The third-order valence-corrected chi connectivity index (χ3v) is 2.87. The molecule has 0 heterocycles. The van der Waals surface area contributed by atoms with Crippen LogP contribution in [0.3, 0.4) is 0 Å². The lowest BCUT2D eigenvalue weighted by molar-refractivity contribution is -0.119. The first-order valence-electron chi connectivity index (χ1n) is 6.15. The van der Waals surface area contributed by atoms with E-state index in [4.69, 9.17) is 10.8 Å². The molecule has 1 aromatic carbocycles. The van der Waals surface area contributed by atoms with Gasteiger partial charge in [0.15, 0.2) is 0 Å². The molecule has 0 amide bonds. The zero-order valence-electron chi connectivity index (χ0n) is 10.8. The topological polar surface area (TPSA) is 49.5 Å². The lowest BCUT2D eigenvalue weighted by Crippen LogP contribution is -2.36. The number of aliphatic hydroxyl groups is 1. The van der Waals surface area contributed by atoms with Crippen molar-refractivity contribution in [3.05, 3.63) is 29.8 Å². The Morgan fingerprint density at radius 1 is 1.26 bits per heavy atom. The molecule has 0 unspecified atom stereocenters. The van der Waals surface area contributed by atoms with Crippen LogP contribution in [-0.2, 0) is 0 Å². The lowest BCUT2D eigenvalue weighted by atomic mass is 10.1. The number of rotatable bonds is 6. The summed E-state index contributed by atoms with van der Waals surface area (Å²) in [5, 5.41) is 8.85. The molecule has 19 heavy (non-hydrogen) atoms. The minimum absolute atomic E-state index is 0.0569. The molecule has 0 spiro atoms. The van der Waals surface area contributed by atoms with Gasteiger partial charge in [-0.15, -0.1) is 0 Å². The number of anilines is 1. The lowest BCUT2D eigenvalue weighted by Gasteiger charge is -2.25. The summed E-state index contributed by atoms with van der Waals surface area (Å²) >= 11 is 0. The molecule has 1 atom stereocenters. The zero-order valence-corrected chi connectivity index (χ0v) is 10.8. The molecule has 108 valence electrons. The molecule has 0 bridgehead atoms. The fourth-order valence-corrected chi connectivity index (χ4v) is 1.80. The van der Waals surface area contributed by atoms with Crippen LogP contribution in [0.5, 0.6) is 0 Å². The van der Waals surface area contributed by atoms with E-state index in [1.807, 2.05) is 6.92 Å². The fraction of sp³-hybridized carbons (Fsp3) is 0.538. The summed E-state index contributed by atoms with van der Waals surface area (Å²) in [6.45, 7) is 0.484. The van der Waals surface area contributed by atoms with Crippen molar-refractivity contribution in [3.8, 4) is 0 Å². The summed E-state index contributed by atoms with van der Waals surface area (Å²) < 4.78 is 37.3. The van der Waals surface area contributed by atoms with Crippen molar-refractivity contribution in [3.63, 3.8) is 0 Å². The second-order valence-corrected chi connectivity index (χ2v) is 4.37. The molecule has 3 N–H and O–H groups in total. The van der Waals surface area contributed by atoms with Gasteiger partial charge in [-0.3, -0.25) is 0 Å².